The van der Waals surface area contributed by atoms with Gasteiger partial charge in [-0.05, 0) is 6.92 Å². The van der Waals surface area contributed by atoms with E-state index in [2.05, 4.69) is 5.10 Å². The Bertz CT molecular complexity index is 416. The van der Waals surface area contributed by atoms with Crippen LogP contribution >= 0.6 is 0 Å². The summed E-state index contributed by atoms with van der Waals surface area (Å²) in [5.41, 5.74) is -0.296. The summed E-state index contributed by atoms with van der Waals surface area (Å²) >= 11 is 0. The lowest BCUT2D eigenvalue weighted by Crippen LogP contribution is -2.44. The number of aromatic carboxylic acids is 1. The van der Waals surface area contributed by atoms with Crippen molar-refractivity contribution in [2.24, 2.45) is 0 Å². The summed E-state index contributed by atoms with van der Waals surface area (Å²) in [7, 11) is 0. The summed E-state index contributed by atoms with van der Waals surface area (Å²) < 4.78 is 32.0. The number of alkyl halides is 2. The van der Waals surface area contributed by atoms with E-state index in [4.69, 9.17) is 9.84 Å². The Labute approximate surface area is 83.3 Å². The molecule has 0 aliphatic carbocycles. The normalized spacial score (nSPS) is 23.0. The highest BCUT2D eigenvalue weighted by molar-refractivity contribution is 5.85. The van der Waals surface area contributed by atoms with Crippen LogP contribution in [0.1, 0.15) is 17.4 Å². The lowest BCUT2D eigenvalue weighted by atomic mass is 10.2. The van der Waals surface area contributed by atoms with Crippen LogP contribution in [0.4, 0.5) is 8.78 Å². The third-order valence-corrected chi connectivity index (χ3v) is 2.22. The Hall–Kier alpha value is -1.66. The number of aromatic nitrogens is 2. The van der Waals surface area contributed by atoms with E-state index in [0.717, 1.165) is 10.7 Å². The van der Waals surface area contributed by atoms with E-state index in [1.165, 1.54) is 6.92 Å². The molecule has 0 radical (unpaired) electrons. The van der Waals surface area contributed by atoms with Crippen molar-refractivity contribution in [3.05, 3.63) is 11.8 Å². The number of fused-ring (bicyclic) bond motifs is 1. The van der Waals surface area contributed by atoms with E-state index < -0.39 is 24.5 Å². The Morgan fingerprint density at radius 2 is 2.47 bits per heavy atom. The van der Waals surface area contributed by atoms with Gasteiger partial charge in [-0.25, -0.2) is 18.3 Å². The second kappa shape index (κ2) is 2.91. The lowest BCUT2D eigenvalue weighted by molar-refractivity contribution is -0.124. The molecule has 15 heavy (non-hydrogen) atoms. The van der Waals surface area contributed by atoms with Crippen molar-refractivity contribution >= 4 is 5.97 Å². The minimum absolute atomic E-state index is 0.0609. The maximum Gasteiger partial charge on any atom is 0.356 e. The van der Waals surface area contributed by atoms with Gasteiger partial charge in [-0.1, -0.05) is 0 Å². The summed E-state index contributed by atoms with van der Waals surface area (Å²) in [6.07, 6.45) is -1.27. The van der Waals surface area contributed by atoms with E-state index in [0.29, 0.717) is 0 Å². The van der Waals surface area contributed by atoms with Gasteiger partial charge in [0.15, 0.2) is 11.8 Å². The van der Waals surface area contributed by atoms with Gasteiger partial charge in [0.1, 0.15) is 6.54 Å². The van der Waals surface area contributed by atoms with Crippen molar-refractivity contribution in [2.45, 2.75) is 25.5 Å². The Morgan fingerprint density at radius 3 is 3.07 bits per heavy atom. The number of carboxylic acids is 1. The number of carboxylic acid groups (broad SMARTS) is 1. The van der Waals surface area contributed by atoms with E-state index in [9.17, 15) is 13.6 Å². The van der Waals surface area contributed by atoms with Crippen molar-refractivity contribution in [3.63, 3.8) is 0 Å². The van der Waals surface area contributed by atoms with Crippen LogP contribution in [-0.2, 0) is 6.54 Å². The molecule has 0 saturated heterocycles. The van der Waals surface area contributed by atoms with Crippen LogP contribution in [0.15, 0.2) is 6.07 Å². The van der Waals surface area contributed by atoms with Gasteiger partial charge in [0.2, 0.25) is 5.88 Å². The number of hydrogen-bond donors (Lipinski definition) is 1. The van der Waals surface area contributed by atoms with Crippen LogP contribution in [0.25, 0.3) is 0 Å². The molecule has 5 nitrogen and oxygen atoms in total. The zero-order valence-electron chi connectivity index (χ0n) is 7.78. The maximum atomic E-state index is 13.2. The SMILES string of the molecule is CC1Oc2cc(C(=O)O)nn2CC1(F)F. The number of rotatable bonds is 1. The van der Waals surface area contributed by atoms with Crippen molar-refractivity contribution in [3.8, 4) is 5.88 Å². The second-order valence-corrected chi connectivity index (χ2v) is 3.35. The van der Waals surface area contributed by atoms with Gasteiger partial charge < -0.3 is 9.84 Å². The molecule has 1 aromatic rings. The number of hydrogen-bond acceptors (Lipinski definition) is 3. The average molecular weight is 218 g/mol. The first-order valence-corrected chi connectivity index (χ1v) is 4.26. The summed E-state index contributed by atoms with van der Waals surface area (Å²) in [4.78, 5) is 10.5. The van der Waals surface area contributed by atoms with Gasteiger partial charge >= 0.3 is 11.9 Å². The smallest absolute Gasteiger partial charge is 0.356 e. The first-order valence-electron chi connectivity index (χ1n) is 4.26. The fourth-order valence-electron chi connectivity index (χ4n) is 1.31. The van der Waals surface area contributed by atoms with Crippen LogP contribution in [-0.4, -0.2) is 32.9 Å². The minimum atomic E-state index is -3.03. The molecular formula is C8H8F2N2O3. The first-order chi connectivity index (χ1) is 6.90. The fourth-order valence-corrected chi connectivity index (χ4v) is 1.31. The van der Waals surface area contributed by atoms with Crippen molar-refractivity contribution in [1.29, 1.82) is 0 Å². The highest BCUT2D eigenvalue weighted by Crippen LogP contribution is 2.32. The summed E-state index contributed by atoms with van der Waals surface area (Å²) in [5, 5.41) is 12.1. The van der Waals surface area contributed by atoms with Crippen LogP contribution in [0, 0.1) is 0 Å². The molecule has 1 aliphatic heterocycles. The van der Waals surface area contributed by atoms with Gasteiger partial charge in [-0.3, -0.25) is 0 Å². The van der Waals surface area contributed by atoms with E-state index in [1.54, 1.807) is 0 Å². The third kappa shape index (κ3) is 1.53. The van der Waals surface area contributed by atoms with Gasteiger partial charge in [-0.2, -0.15) is 5.10 Å². The first kappa shape index (κ1) is 9.88. The highest BCUT2D eigenvalue weighted by atomic mass is 19.3. The monoisotopic (exact) mass is 218 g/mol. The topological polar surface area (TPSA) is 64.3 Å². The van der Waals surface area contributed by atoms with Crippen LogP contribution in [0.2, 0.25) is 0 Å². The third-order valence-electron chi connectivity index (χ3n) is 2.22. The fraction of sp³-hybridized carbons (Fsp3) is 0.500. The Morgan fingerprint density at radius 1 is 1.80 bits per heavy atom. The van der Waals surface area contributed by atoms with E-state index in [-0.39, 0.29) is 11.6 Å². The van der Waals surface area contributed by atoms with Gasteiger partial charge in [-0.15, -0.1) is 0 Å². The molecule has 0 saturated carbocycles. The quantitative estimate of drug-likeness (QED) is 0.763. The average Bonchev–Trinajstić information content (AvgIpc) is 2.47. The summed E-state index contributed by atoms with van der Waals surface area (Å²) in [6, 6.07) is 1.13. The van der Waals surface area contributed by atoms with Crippen LogP contribution in [0.3, 0.4) is 0 Å². The predicted octanol–water partition coefficient (Wildman–Crippen LogP) is 0.998. The number of ether oxygens (including phenoxy) is 1. The molecule has 1 aliphatic rings. The van der Waals surface area contributed by atoms with Crippen molar-refractivity contribution in [2.75, 3.05) is 0 Å². The zero-order chi connectivity index (χ0) is 11.2. The van der Waals surface area contributed by atoms with Crippen LogP contribution in [0.5, 0.6) is 5.88 Å². The second-order valence-electron chi connectivity index (χ2n) is 3.35. The molecule has 1 aromatic heterocycles. The molecular weight excluding hydrogens is 210 g/mol. The van der Waals surface area contributed by atoms with Gasteiger partial charge in [0.25, 0.3) is 0 Å². The molecule has 0 bridgehead atoms. The molecule has 1 N–H and O–H groups in total. The number of carbonyl (C=O) groups is 1. The van der Waals surface area contributed by atoms with E-state index in [1.807, 2.05) is 0 Å². The molecule has 1 unspecified atom stereocenters. The summed E-state index contributed by atoms with van der Waals surface area (Å²) in [6.45, 7) is 0.577. The molecule has 1 atom stereocenters. The predicted molar refractivity (Wildman–Crippen MR) is 44.2 cm³/mol. The molecule has 0 aromatic carbocycles. The summed E-state index contributed by atoms with van der Waals surface area (Å²) in [5.74, 6) is -4.24. The Kier molecular flexibility index (Phi) is 1.92. The standard InChI is InChI=1S/C8H8F2N2O3/c1-4-8(9,10)3-12-6(15-4)2-5(11-12)7(13)14/h2,4H,3H2,1H3,(H,13,14). The molecule has 7 heteroatoms. The molecule has 2 rings (SSSR count). The molecule has 0 spiro atoms. The van der Waals surface area contributed by atoms with Gasteiger partial charge in [0.05, 0.1) is 0 Å². The maximum absolute atomic E-state index is 13.2. The Balaban J connectivity index is 2.38. The molecule has 2 heterocycles. The molecule has 82 valence electrons. The molecule has 0 fully saturated rings. The number of halogens is 2. The van der Waals surface area contributed by atoms with Gasteiger partial charge in [0, 0.05) is 6.07 Å². The highest BCUT2D eigenvalue weighted by Gasteiger charge is 2.44. The van der Waals surface area contributed by atoms with Crippen molar-refractivity contribution in [1.82, 2.24) is 9.78 Å². The minimum Gasteiger partial charge on any atom is -0.476 e. The van der Waals surface area contributed by atoms with E-state index >= 15 is 0 Å². The lowest BCUT2D eigenvalue weighted by Gasteiger charge is -2.29. The van der Waals surface area contributed by atoms with Crippen LogP contribution < -0.4 is 4.74 Å². The van der Waals surface area contributed by atoms with Crippen molar-refractivity contribution < 1.29 is 23.4 Å². The largest absolute Gasteiger partial charge is 0.476 e. The molecule has 0 amide bonds. The number of nitrogens with zero attached hydrogens (tertiary/aromatic N) is 2. The zero-order valence-corrected chi connectivity index (χ0v) is 7.78.